The summed E-state index contributed by atoms with van der Waals surface area (Å²) in [4.78, 5) is 14.3. The van der Waals surface area contributed by atoms with Gasteiger partial charge in [-0.2, -0.15) is 0 Å². The van der Waals surface area contributed by atoms with E-state index in [1.165, 1.54) is 0 Å². The lowest BCUT2D eigenvalue weighted by Gasteiger charge is -2.36. The molecule has 126 valence electrons. The molecule has 0 radical (unpaired) electrons. The molecule has 1 amide bonds. The molecule has 2 N–H and O–H groups in total. The Labute approximate surface area is 142 Å². The van der Waals surface area contributed by atoms with Crippen molar-refractivity contribution in [3.05, 3.63) is 34.9 Å². The largest absolute Gasteiger partial charge is 0.392 e. The molecule has 4 nitrogen and oxygen atoms in total. The van der Waals surface area contributed by atoms with E-state index in [9.17, 15) is 15.0 Å². The molecule has 0 spiro atoms. The van der Waals surface area contributed by atoms with Gasteiger partial charge in [0, 0.05) is 18.1 Å². The molecule has 3 rings (SSSR count). The van der Waals surface area contributed by atoms with E-state index in [0.29, 0.717) is 18.1 Å². The number of benzene rings is 1. The van der Waals surface area contributed by atoms with E-state index in [1.54, 1.807) is 12.1 Å². The van der Waals surface area contributed by atoms with E-state index in [2.05, 4.69) is 0 Å². The summed E-state index contributed by atoms with van der Waals surface area (Å²) >= 11 is 5.88. The van der Waals surface area contributed by atoms with Gasteiger partial charge < -0.3 is 15.1 Å². The highest BCUT2D eigenvalue weighted by Crippen LogP contribution is 2.33. The molecule has 2 fully saturated rings. The maximum absolute atomic E-state index is 12.5. The van der Waals surface area contributed by atoms with E-state index in [-0.39, 0.29) is 17.7 Å². The third-order valence-corrected chi connectivity index (χ3v) is 5.56. The maximum atomic E-state index is 12.5. The van der Waals surface area contributed by atoms with Crippen LogP contribution < -0.4 is 0 Å². The fourth-order valence-electron chi connectivity index (χ4n) is 3.83. The molecule has 0 bridgehead atoms. The molecule has 0 aromatic heterocycles. The minimum Gasteiger partial charge on any atom is -0.392 e. The van der Waals surface area contributed by atoms with Crippen molar-refractivity contribution in [2.75, 3.05) is 13.1 Å². The van der Waals surface area contributed by atoms with Crippen molar-refractivity contribution in [1.82, 2.24) is 4.90 Å². The van der Waals surface area contributed by atoms with Gasteiger partial charge in [0.25, 0.3) is 0 Å². The number of aliphatic hydroxyl groups is 2. The predicted octanol–water partition coefficient (Wildman–Crippen LogP) is 2.77. The number of rotatable bonds is 3. The van der Waals surface area contributed by atoms with E-state index in [1.807, 2.05) is 17.0 Å². The van der Waals surface area contributed by atoms with Crippen LogP contribution in [0.15, 0.2) is 24.3 Å². The van der Waals surface area contributed by atoms with Gasteiger partial charge in [0.05, 0.1) is 18.1 Å². The lowest BCUT2D eigenvalue weighted by atomic mass is 9.87. The zero-order valence-corrected chi connectivity index (χ0v) is 14.0. The summed E-state index contributed by atoms with van der Waals surface area (Å²) in [6, 6.07) is 7.30. The first-order chi connectivity index (χ1) is 11.1. The van der Waals surface area contributed by atoms with Crippen molar-refractivity contribution in [1.29, 1.82) is 0 Å². The third kappa shape index (κ3) is 3.70. The first kappa shape index (κ1) is 16.7. The summed E-state index contributed by atoms with van der Waals surface area (Å²) in [5, 5.41) is 21.1. The van der Waals surface area contributed by atoms with Crippen LogP contribution in [0.25, 0.3) is 0 Å². The number of aliphatic hydroxyl groups excluding tert-OH is 2. The molecule has 5 heteroatoms. The SMILES string of the molecule is O=C(C1CCCC1O)N1CCC(C(O)c2ccc(Cl)cc2)CC1. The number of carbonyl (C=O) groups is 1. The van der Waals surface area contributed by atoms with Gasteiger partial charge >= 0.3 is 0 Å². The number of nitrogens with zero attached hydrogens (tertiary/aromatic N) is 1. The van der Waals surface area contributed by atoms with Gasteiger partial charge in [0.2, 0.25) is 5.91 Å². The molecule has 1 aliphatic heterocycles. The summed E-state index contributed by atoms with van der Waals surface area (Å²) in [6.45, 7) is 1.33. The van der Waals surface area contributed by atoms with Crippen LogP contribution in [0.2, 0.25) is 5.02 Å². The summed E-state index contributed by atoms with van der Waals surface area (Å²) in [5.41, 5.74) is 0.880. The smallest absolute Gasteiger partial charge is 0.228 e. The average molecular weight is 338 g/mol. The molecule has 23 heavy (non-hydrogen) atoms. The molecule has 1 saturated carbocycles. The van der Waals surface area contributed by atoms with Gasteiger partial charge in [0.1, 0.15) is 0 Å². The van der Waals surface area contributed by atoms with Gasteiger partial charge in [-0.25, -0.2) is 0 Å². The van der Waals surface area contributed by atoms with Gasteiger partial charge in [-0.05, 0) is 55.7 Å². The van der Waals surface area contributed by atoms with Crippen molar-refractivity contribution in [3.8, 4) is 0 Å². The number of halogens is 1. The number of carbonyl (C=O) groups excluding carboxylic acids is 1. The first-order valence-corrected chi connectivity index (χ1v) is 8.84. The summed E-state index contributed by atoms with van der Waals surface area (Å²) < 4.78 is 0. The van der Waals surface area contributed by atoms with Crippen molar-refractivity contribution in [2.24, 2.45) is 11.8 Å². The molecule has 1 heterocycles. The molecular weight excluding hydrogens is 314 g/mol. The molecule has 2 aliphatic rings. The lowest BCUT2D eigenvalue weighted by molar-refractivity contribution is -0.140. The average Bonchev–Trinajstić information content (AvgIpc) is 3.00. The Balaban J connectivity index is 1.55. The Hall–Kier alpha value is -1.10. The van der Waals surface area contributed by atoms with Crippen molar-refractivity contribution in [2.45, 2.75) is 44.3 Å². The van der Waals surface area contributed by atoms with Gasteiger partial charge in [-0.15, -0.1) is 0 Å². The number of piperidine rings is 1. The highest BCUT2D eigenvalue weighted by Gasteiger charge is 2.36. The van der Waals surface area contributed by atoms with Gasteiger partial charge in [-0.3, -0.25) is 4.79 Å². The normalized spacial score (nSPS) is 27.2. The monoisotopic (exact) mass is 337 g/mol. The number of hydrogen-bond acceptors (Lipinski definition) is 3. The van der Waals surface area contributed by atoms with Crippen LogP contribution in [0.4, 0.5) is 0 Å². The second kappa shape index (κ2) is 7.20. The standard InChI is InChI=1S/C18H24ClNO3/c19-14-6-4-12(5-7-14)17(22)13-8-10-20(11-9-13)18(23)15-2-1-3-16(15)21/h4-7,13,15-17,21-22H,1-3,8-11H2. The van der Waals surface area contributed by atoms with Crippen molar-refractivity contribution >= 4 is 17.5 Å². The number of amides is 1. The predicted molar refractivity (Wildman–Crippen MR) is 89.1 cm³/mol. The highest BCUT2D eigenvalue weighted by atomic mass is 35.5. The van der Waals surface area contributed by atoms with Crippen LogP contribution in [-0.4, -0.2) is 40.2 Å². The zero-order chi connectivity index (χ0) is 16.4. The third-order valence-electron chi connectivity index (χ3n) is 5.31. The summed E-state index contributed by atoms with van der Waals surface area (Å²) in [5.74, 6) is 0.0379. The topological polar surface area (TPSA) is 60.8 Å². The van der Waals surface area contributed by atoms with E-state index in [4.69, 9.17) is 11.6 Å². The minimum absolute atomic E-state index is 0.0921. The lowest BCUT2D eigenvalue weighted by Crippen LogP contribution is -2.44. The Morgan fingerprint density at radius 2 is 1.78 bits per heavy atom. The molecule has 3 unspecified atom stereocenters. The molecule has 3 atom stereocenters. The second-order valence-corrected chi connectivity index (χ2v) is 7.20. The van der Waals surface area contributed by atoms with Crippen LogP contribution in [0.5, 0.6) is 0 Å². The number of likely N-dealkylation sites (tertiary alicyclic amines) is 1. The summed E-state index contributed by atoms with van der Waals surface area (Å²) in [6.07, 6.45) is 3.07. The van der Waals surface area contributed by atoms with Crippen LogP contribution in [0, 0.1) is 11.8 Å². The van der Waals surface area contributed by atoms with Crippen LogP contribution >= 0.6 is 11.6 Å². The van der Waals surface area contributed by atoms with Crippen LogP contribution in [0.1, 0.15) is 43.8 Å². The van der Waals surface area contributed by atoms with E-state index < -0.39 is 12.2 Å². The van der Waals surface area contributed by atoms with E-state index in [0.717, 1.165) is 37.7 Å². The quantitative estimate of drug-likeness (QED) is 0.891. The van der Waals surface area contributed by atoms with Crippen LogP contribution in [-0.2, 0) is 4.79 Å². The fraction of sp³-hybridized carbons (Fsp3) is 0.611. The minimum atomic E-state index is -0.512. The van der Waals surface area contributed by atoms with Gasteiger partial charge in [0.15, 0.2) is 0 Å². The Morgan fingerprint density at radius 1 is 1.13 bits per heavy atom. The Morgan fingerprint density at radius 3 is 2.35 bits per heavy atom. The molecule has 1 aromatic carbocycles. The summed E-state index contributed by atoms with van der Waals surface area (Å²) in [7, 11) is 0. The highest BCUT2D eigenvalue weighted by molar-refractivity contribution is 6.30. The first-order valence-electron chi connectivity index (χ1n) is 8.46. The molecule has 1 aromatic rings. The van der Waals surface area contributed by atoms with Gasteiger partial charge in [-0.1, -0.05) is 23.7 Å². The Kier molecular flexibility index (Phi) is 5.24. The van der Waals surface area contributed by atoms with E-state index >= 15 is 0 Å². The van der Waals surface area contributed by atoms with Crippen LogP contribution in [0.3, 0.4) is 0 Å². The Bertz CT molecular complexity index is 540. The zero-order valence-electron chi connectivity index (χ0n) is 13.2. The van der Waals surface area contributed by atoms with Crippen molar-refractivity contribution < 1.29 is 15.0 Å². The number of hydrogen-bond donors (Lipinski definition) is 2. The maximum Gasteiger partial charge on any atom is 0.228 e. The second-order valence-electron chi connectivity index (χ2n) is 6.76. The fourth-order valence-corrected chi connectivity index (χ4v) is 3.96. The van der Waals surface area contributed by atoms with Crippen molar-refractivity contribution in [3.63, 3.8) is 0 Å². The molecule has 1 saturated heterocycles. The molecule has 1 aliphatic carbocycles. The molecular formula is C18H24ClNO3.